The van der Waals surface area contributed by atoms with Gasteiger partial charge in [-0.25, -0.2) is 4.98 Å². The van der Waals surface area contributed by atoms with Crippen LogP contribution in [0.4, 0.5) is 0 Å². The first-order valence-corrected chi connectivity index (χ1v) is 7.31. The molecule has 0 bridgehead atoms. The van der Waals surface area contributed by atoms with Gasteiger partial charge in [0, 0.05) is 16.8 Å². The van der Waals surface area contributed by atoms with Crippen molar-refractivity contribution in [1.82, 2.24) is 4.98 Å². The van der Waals surface area contributed by atoms with E-state index in [1.165, 1.54) is 23.6 Å². The highest BCUT2D eigenvalue weighted by molar-refractivity contribution is 8.01. The highest BCUT2D eigenvalue weighted by atomic mass is 32.2. The van der Waals surface area contributed by atoms with Gasteiger partial charge >= 0.3 is 0 Å². The van der Waals surface area contributed by atoms with E-state index < -0.39 is 0 Å². The molecule has 0 aliphatic heterocycles. The minimum Gasteiger partial charge on any atom is -0.330 e. The second-order valence-corrected chi connectivity index (χ2v) is 6.75. The fourth-order valence-electron chi connectivity index (χ4n) is 2.20. The number of hydrogen-bond donors (Lipinski definition) is 1. The molecule has 2 rings (SSSR count). The lowest BCUT2D eigenvalue weighted by Crippen LogP contribution is -2.31. The minimum atomic E-state index is 0.685. The number of aromatic nitrogens is 1. The van der Waals surface area contributed by atoms with Crippen molar-refractivity contribution in [2.24, 2.45) is 17.6 Å². The Hall–Kier alpha value is -0.0600. The molecule has 1 heterocycles. The number of nitrogens with two attached hydrogens (primary N) is 1. The summed E-state index contributed by atoms with van der Waals surface area (Å²) in [4.78, 5) is 4.34. The summed E-state index contributed by atoms with van der Waals surface area (Å²) in [5.74, 6) is 1.54. The van der Waals surface area contributed by atoms with Crippen molar-refractivity contribution in [3.05, 3.63) is 11.6 Å². The van der Waals surface area contributed by atoms with Crippen LogP contribution in [0, 0.1) is 11.8 Å². The third-order valence-electron chi connectivity index (χ3n) is 3.16. The number of hydrogen-bond acceptors (Lipinski definition) is 4. The van der Waals surface area contributed by atoms with Crippen LogP contribution in [0.5, 0.6) is 0 Å². The molecule has 0 saturated heterocycles. The zero-order valence-electron chi connectivity index (χ0n) is 9.06. The van der Waals surface area contributed by atoms with E-state index in [4.69, 9.17) is 5.73 Å². The first-order chi connectivity index (χ1) is 7.29. The summed E-state index contributed by atoms with van der Waals surface area (Å²) in [6, 6.07) is 0. The quantitative estimate of drug-likeness (QED) is 0.885. The predicted molar refractivity (Wildman–Crippen MR) is 67.3 cm³/mol. The maximum Gasteiger partial charge on any atom is 0.150 e. The molecule has 0 spiro atoms. The standard InChI is InChI=1S/C11H18N2S2/c1-8-2-3-9(7-12)10(6-8)15-11-13-4-5-14-11/h4-5,8-10H,2-3,6-7,12H2,1H3. The molecule has 1 aromatic heterocycles. The van der Waals surface area contributed by atoms with Crippen LogP contribution in [-0.4, -0.2) is 16.8 Å². The molecule has 1 aromatic rings. The van der Waals surface area contributed by atoms with Crippen LogP contribution in [0.1, 0.15) is 26.2 Å². The SMILES string of the molecule is CC1CCC(CN)C(Sc2nccs2)C1. The summed E-state index contributed by atoms with van der Waals surface area (Å²) in [6.45, 7) is 3.18. The molecule has 1 aliphatic rings. The van der Waals surface area contributed by atoms with Crippen LogP contribution >= 0.6 is 23.1 Å². The molecule has 2 N–H and O–H groups in total. The minimum absolute atomic E-state index is 0.685. The fraction of sp³-hybridized carbons (Fsp3) is 0.727. The van der Waals surface area contributed by atoms with Gasteiger partial charge in [-0.2, -0.15) is 0 Å². The molecule has 1 aliphatic carbocycles. The van der Waals surface area contributed by atoms with Gasteiger partial charge in [-0.05, 0) is 31.2 Å². The summed E-state index contributed by atoms with van der Waals surface area (Å²) in [5.41, 5.74) is 5.84. The Balaban J connectivity index is 1.98. The van der Waals surface area contributed by atoms with Crippen LogP contribution < -0.4 is 5.73 Å². The second-order valence-electron chi connectivity index (χ2n) is 4.37. The first kappa shape index (κ1) is 11.4. The molecular weight excluding hydrogens is 224 g/mol. The lowest BCUT2D eigenvalue weighted by atomic mass is 9.82. The molecule has 3 atom stereocenters. The lowest BCUT2D eigenvalue weighted by molar-refractivity contribution is 0.306. The third-order valence-corrected chi connectivity index (χ3v) is 5.48. The summed E-state index contributed by atoms with van der Waals surface area (Å²) in [7, 11) is 0. The van der Waals surface area contributed by atoms with E-state index in [9.17, 15) is 0 Å². The molecular formula is C11H18N2S2. The first-order valence-electron chi connectivity index (χ1n) is 5.55. The van der Waals surface area contributed by atoms with E-state index in [-0.39, 0.29) is 0 Å². The van der Waals surface area contributed by atoms with E-state index in [2.05, 4.69) is 11.9 Å². The monoisotopic (exact) mass is 242 g/mol. The van der Waals surface area contributed by atoms with E-state index in [1.807, 2.05) is 23.3 Å². The van der Waals surface area contributed by atoms with Crippen molar-refractivity contribution in [3.63, 3.8) is 0 Å². The van der Waals surface area contributed by atoms with Gasteiger partial charge in [0.05, 0.1) is 0 Å². The number of rotatable bonds is 3. The van der Waals surface area contributed by atoms with Gasteiger partial charge in [-0.3, -0.25) is 0 Å². The third kappa shape index (κ3) is 2.95. The molecule has 84 valence electrons. The molecule has 15 heavy (non-hydrogen) atoms. The van der Waals surface area contributed by atoms with Crippen molar-refractivity contribution in [2.75, 3.05) is 6.54 Å². The predicted octanol–water partition coefficient (Wildman–Crippen LogP) is 3.00. The summed E-state index contributed by atoms with van der Waals surface area (Å²) >= 11 is 3.68. The number of thiazole rings is 1. The van der Waals surface area contributed by atoms with Crippen molar-refractivity contribution < 1.29 is 0 Å². The largest absolute Gasteiger partial charge is 0.330 e. The maximum absolute atomic E-state index is 5.84. The van der Waals surface area contributed by atoms with Gasteiger partial charge in [0.15, 0.2) is 0 Å². The van der Waals surface area contributed by atoms with Crippen LogP contribution in [0.25, 0.3) is 0 Å². The number of nitrogens with zero attached hydrogens (tertiary/aromatic N) is 1. The van der Waals surface area contributed by atoms with Crippen LogP contribution in [-0.2, 0) is 0 Å². The van der Waals surface area contributed by atoms with Crippen molar-refractivity contribution in [2.45, 2.75) is 35.8 Å². The van der Waals surface area contributed by atoms with Gasteiger partial charge in [0.2, 0.25) is 0 Å². The van der Waals surface area contributed by atoms with Crippen molar-refractivity contribution in [1.29, 1.82) is 0 Å². The highest BCUT2D eigenvalue weighted by Crippen LogP contribution is 2.39. The van der Waals surface area contributed by atoms with Gasteiger partial charge < -0.3 is 5.73 Å². The highest BCUT2D eigenvalue weighted by Gasteiger charge is 2.28. The second kappa shape index (κ2) is 5.32. The Morgan fingerprint density at radius 1 is 1.60 bits per heavy atom. The zero-order valence-corrected chi connectivity index (χ0v) is 10.7. The van der Waals surface area contributed by atoms with E-state index in [0.717, 1.165) is 12.5 Å². The van der Waals surface area contributed by atoms with Crippen molar-refractivity contribution >= 4 is 23.1 Å². The Morgan fingerprint density at radius 2 is 2.47 bits per heavy atom. The molecule has 2 nitrogen and oxygen atoms in total. The molecule has 1 fully saturated rings. The normalized spacial score (nSPS) is 31.7. The van der Waals surface area contributed by atoms with Crippen LogP contribution in [0.15, 0.2) is 15.9 Å². The van der Waals surface area contributed by atoms with E-state index >= 15 is 0 Å². The van der Waals surface area contributed by atoms with Gasteiger partial charge in [0.25, 0.3) is 0 Å². The molecule has 3 unspecified atom stereocenters. The molecule has 1 saturated carbocycles. The van der Waals surface area contributed by atoms with Gasteiger partial charge in [-0.15, -0.1) is 11.3 Å². The Bertz CT molecular complexity index is 287. The molecule has 4 heteroatoms. The Labute approximate surface area is 99.7 Å². The molecule has 0 radical (unpaired) electrons. The average Bonchev–Trinajstić information content (AvgIpc) is 2.71. The zero-order chi connectivity index (χ0) is 10.7. The maximum atomic E-state index is 5.84. The van der Waals surface area contributed by atoms with Crippen LogP contribution in [0.3, 0.4) is 0 Å². The summed E-state index contributed by atoms with van der Waals surface area (Å²) in [5, 5.41) is 2.73. The van der Waals surface area contributed by atoms with E-state index in [1.54, 1.807) is 11.3 Å². The smallest absolute Gasteiger partial charge is 0.150 e. The Morgan fingerprint density at radius 3 is 3.13 bits per heavy atom. The lowest BCUT2D eigenvalue weighted by Gasteiger charge is -2.33. The van der Waals surface area contributed by atoms with Gasteiger partial charge in [-0.1, -0.05) is 25.1 Å². The Kier molecular flexibility index (Phi) is 4.05. The molecule has 0 aromatic carbocycles. The summed E-state index contributed by atoms with van der Waals surface area (Å²) < 4.78 is 1.20. The van der Waals surface area contributed by atoms with E-state index in [0.29, 0.717) is 11.2 Å². The van der Waals surface area contributed by atoms with Crippen molar-refractivity contribution in [3.8, 4) is 0 Å². The van der Waals surface area contributed by atoms with Crippen LogP contribution in [0.2, 0.25) is 0 Å². The molecule has 0 amide bonds. The van der Waals surface area contributed by atoms with Gasteiger partial charge in [0.1, 0.15) is 4.34 Å². The topological polar surface area (TPSA) is 38.9 Å². The number of thioether (sulfide) groups is 1. The average molecular weight is 242 g/mol. The fourth-order valence-corrected chi connectivity index (χ4v) is 4.57. The summed E-state index contributed by atoms with van der Waals surface area (Å²) in [6.07, 6.45) is 5.82.